The molecule has 0 spiro atoms. The maximum Gasteiger partial charge on any atom is 0.127 e. The minimum atomic E-state index is 0.381. The second kappa shape index (κ2) is 8.76. The molecule has 116 valence electrons. The lowest BCUT2D eigenvalue weighted by atomic mass is 10.1. The van der Waals surface area contributed by atoms with Crippen LogP contribution < -0.4 is 0 Å². The van der Waals surface area contributed by atoms with Crippen molar-refractivity contribution in [2.75, 3.05) is 13.6 Å². The molecular weight excluding hydrogens is 256 g/mol. The van der Waals surface area contributed by atoms with Crippen LogP contribution in [0.5, 0.6) is 0 Å². The molecule has 1 aromatic carbocycles. The van der Waals surface area contributed by atoms with Crippen LogP contribution in [0.4, 0.5) is 0 Å². The van der Waals surface area contributed by atoms with Crippen molar-refractivity contribution in [3.63, 3.8) is 0 Å². The molecule has 0 aliphatic carbocycles. The zero-order chi connectivity index (χ0) is 14.9. The fourth-order valence-corrected chi connectivity index (χ4v) is 3.09. The van der Waals surface area contributed by atoms with Gasteiger partial charge in [0.15, 0.2) is 0 Å². The quantitative estimate of drug-likeness (QED) is 0.579. The van der Waals surface area contributed by atoms with E-state index in [9.17, 15) is 0 Å². The van der Waals surface area contributed by atoms with Gasteiger partial charge in [0, 0.05) is 26.0 Å². The molecule has 1 atom stereocenters. The third-order valence-electron chi connectivity index (χ3n) is 4.31. The summed E-state index contributed by atoms with van der Waals surface area (Å²) in [7, 11) is 2.17. The summed E-state index contributed by atoms with van der Waals surface area (Å²) in [6.45, 7) is 3.44. The molecule has 0 saturated carbocycles. The van der Waals surface area contributed by atoms with E-state index in [0.717, 1.165) is 6.54 Å². The van der Waals surface area contributed by atoms with Crippen molar-refractivity contribution >= 4 is 0 Å². The highest BCUT2D eigenvalue weighted by atomic mass is 15.4. The van der Waals surface area contributed by atoms with E-state index in [1.165, 1.54) is 50.5 Å². The van der Waals surface area contributed by atoms with Gasteiger partial charge in [0.2, 0.25) is 0 Å². The second-order valence-corrected chi connectivity index (χ2v) is 6.11. The van der Waals surface area contributed by atoms with Crippen LogP contribution in [0, 0.1) is 0 Å². The number of hydrogen-bond acceptors (Lipinski definition) is 2. The Hall–Kier alpha value is -1.44. The van der Waals surface area contributed by atoms with Gasteiger partial charge in [-0.25, -0.2) is 0 Å². The first-order valence-corrected chi connectivity index (χ1v) is 8.54. The summed E-state index contributed by atoms with van der Waals surface area (Å²) >= 11 is 0. The molecular formula is C19H30N2. The van der Waals surface area contributed by atoms with E-state index in [2.05, 4.69) is 66.5 Å². The van der Waals surface area contributed by atoms with Gasteiger partial charge in [-0.15, -0.1) is 0 Å². The molecule has 0 amide bonds. The lowest BCUT2D eigenvalue weighted by Crippen LogP contribution is -2.29. The van der Waals surface area contributed by atoms with Gasteiger partial charge in [0.1, 0.15) is 6.17 Å². The zero-order valence-electron chi connectivity index (χ0n) is 13.7. The lowest BCUT2D eigenvalue weighted by molar-refractivity contribution is 0.176. The topological polar surface area (TPSA) is 6.48 Å². The summed E-state index contributed by atoms with van der Waals surface area (Å²) in [5, 5.41) is 0. The molecule has 1 aliphatic rings. The summed E-state index contributed by atoms with van der Waals surface area (Å²) in [6.07, 6.45) is 14.4. The third kappa shape index (κ3) is 4.80. The van der Waals surface area contributed by atoms with Crippen molar-refractivity contribution in [1.29, 1.82) is 0 Å². The molecule has 0 bridgehead atoms. The summed E-state index contributed by atoms with van der Waals surface area (Å²) < 4.78 is 0. The fraction of sp³-hybridized carbons (Fsp3) is 0.579. The summed E-state index contributed by atoms with van der Waals surface area (Å²) in [4.78, 5) is 4.78. The Morgan fingerprint density at radius 2 is 1.52 bits per heavy atom. The van der Waals surface area contributed by atoms with Crippen LogP contribution in [0.2, 0.25) is 0 Å². The first kappa shape index (κ1) is 15.9. The maximum absolute atomic E-state index is 2.47. The molecule has 1 heterocycles. The Kier molecular flexibility index (Phi) is 6.65. The maximum atomic E-state index is 2.47. The molecule has 1 aromatic rings. The average Bonchev–Trinajstić information content (AvgIpc) is 2.88. The van der Waals surface area contributed by atoms with Crippen LogP contribution in [-0.4, -0.2) is 23.4 Å². The van der Waals surface area contributed by atoms with Crippen LogP contribution in [0.1, 0.15) is 63.6 Å². The van der Waals surface area contributed by atoms with E-state index < -0.39 is 0 Å². The Morgan fingerprint density at radius 3 is 2.24 bits per heavy atom. The smallest absolute Gasteiger partial charge is 0.127 e. The van der Waals surface area contributed by atoms with Gasteiger partial charge < -0.3 is 9.80 Å². The van der Waals surface area contributed by atoms with Gasteiger partial charge in [-0.3, -0.25) is 0 Å². The van der Waals surface area contributed by atoms with E-state index in [4.69, 9.17) is 0 Å². The van der Waals surface area contributed by atoms with E-state index in [-0.39, 0.29) is 0 Å². The molecule has 0 aromatic heterocycles. The predicted molar refractivity (Wildman–Crippen MR) is 90.8 cm³/mol. The van der Waals surface area contributed by atoms with Crippen LogP contribution in [0.3, 0.4) is 0 Å². The van der Waals surface area contributed by atoms with Crippen molar-refractivity contribution in [2.24, 2.45) is 0 Å². The molecule has 1 aliphatic heterocycles. The highest BCUT2D eigenvalue weighted by molar-refractivity contribution is 5.21. The summed E-state index contributed by atoms with van der Waals surface area (Å²) in [6, 6.07) is 10.8. The first-order chi connectivity index (χ1) is 10.3. The van der Waals surface area contributed by atoms with Gasteiger partial charge >= 0.3 is 0 Å². The number of nitrogens with zero attached hydrogens (tertiary/aromatic N) is 2. The molecule has 2 rings (SSSR count). The molecule has 2 heteroatoms. The molecule has 0 fully saturated rings. The SMILES string of the molecule is CCCCCCCCCN1C=CN(C)C1c1ccccc1. The van der Waals surface area contributed by atoms with Crippen molar-refractivity contribution in [2.45, 2.75) is 58.0 Å². The molecule has 0 radical (unpaired) electrons. The van der Waals surface area contributed by atoms with Crippen molar-refractivity contribution in [1.82, 2.24) is 9.80 Å². The monoisotopic (exact) mass is 286 g/mol. The lowest BCUT2D eigenvalue weighted by Gasteiger charge is -2.31. The summed E-state index contributed by atoms with van der Waals surface area (Å²) in [5.41, 5.74) is 1.38. The normalized spacial score (nSPS) is 17.7. The molecule has 0 saturated heterocycles. The van der Waals surface area contributed by atoms with Gasteiger partial charge in [-0.05, 0) is 12.0 Å². The van der Waals surface area contributed by atoms with Gasteiger partial charge in [0.05, 0.1) is 0 Å². The summed E-state index contributed by atoms with van der Waals surface area (Å²) in [5.74, 6) is 0. The molecule has 1 unspecified atom stereocenters. The largest absolute Gasteiger partial charge is 0.355 e. The molecule has 2 nitrogen and oxygen atoms in total. The van der Waals surface area contributed by atoms with Crippen molar-refractivity contribution in [3.8, 4) is 0 Å². The Balaban J connectivity index is 1.73. The van der Waals surface area contributed by atoms with Gasteiger partial charge in [0.25, 0.3) is 0 Å². The van der Waals surface area contributed by atoms with E-state index in [1.807, 2.05) is 0 Å². The van der Waals surface area contributed by atoms with Gasteiger partial charge in [-0.2, -0.15) is 0 Å². The highest BCUT2D eigenvalue weighted by Gasteiger charge is 2.24. The van der Waals surface area contributed by atoms with Crippen molar-refractivity contribution in [3.05, 3.63) is 48.3 Å². The second-order valence-electron chi connectivity index (χ2n) is 6.11. The van der Waals surface area contributed by atoms with Crippen LogP contribution in [0.25, 0.3) is 0 Å². The predicted octanol–water partition coefficient (Wildman–Crippen LogP) is 5.15. The minimum absolute atomic E-state index is 0.381. The highest BCUT2D eigenvalue weighted by Crippen LogP contribution is 2.29. The number of benzene rings is 1. The van der Waals surface area contributed by atoms with Crippen LogP contribution >= 0.6 is 0 Å². The Labute approximate surface area is 130 Å². The Morgan fingerprint density at radius 1 is 0.857 bits per heavy atom. The van der Waals surface area contributed by atoms with Crippen LogP contribution in [-0.2, 0) is 0 Å². The number of rotatable bonds is 9. The Bertz CT molecular complexity index is 413. The standard InChI is InChI=1S/C19H30N2/c1-3-4-5-6-7-8-12-15-21-17-16-20(2)19(21)18-13-10-9-11-14-18/h9-11,13-14,16-17,19H,3-8,12,15H2,1-2H3. The fourth-order valence-electron chi connectivity index (χ4n) is 3.09. The molecule has 21 heavy (non-hydrogen) atoms. The first-order valence-electron chi connectivity index (χ1n) is 8.54. The average molecular weight is 286 g/mol. The number of hydrogen-bond donors (Lipinski definition) is 0. The van der Waals surface area contributed by atoms with Gasteiger partial charge in [-0.1, -0.05) is 75.8 Å². The van der Waals surface area contributed by atoms with E-state index >= 15 is 0 Å². The van der Waals surface area contributed by atoms with E-state index in [0.29, 0.717) is 6.17 Å². The van der Waals surface area contributed by atoms with Crippen molar-refractivity contribution < 1.29 is 0 Å². The third-order valence-corrected chi connectivity index (χ3v) is 4.31. The van der Waals surface area contributed by atoms with E-state index in [1.54, 1.807) is 0 Å². The number of unbranched alkanes of at least 4 members (excludes halogenated alkanes) is 6. The zero-order valence-corrected chi connectivity index (χ0v) is 13.7. The minimum Gasteiger partial charge on any atom is -0.355 e. The van der Waals surface area contributed by atoms with Crippen LogP contribution in [0.15, 0.2) is 42.7 Å². The molecule has 0 N–H and O–H groups in total.